The molecule has 1 aromatic carbocycles. The van der Waals surface area contributed by atoms with Crippen LogP contribution in [0, 0.1) is 0 Å². The van der Waals surface area contributed by atoms with E-state index in [1.807, 2.05) is 26.0 Å². The molecule has 0 radical (unpaired) electrons. The maximum Gasteiger partial charge on any atom is 0.153 e. The minimum atomic E-state index is -1.63. The lowest BCUT2D eigenvalue weighted by Crippen LogP contribution is -2.49. The molecule has 8 nitrogen and oxygen atoms in total. The molecule has 1 heterocycles. The largest absolute Gasteiger partial charge is 0.382 e. The van der Waals surface area contributed by atoms with Gasteiger partial charge in [0.1, 0.15) is 11.0 Å². The van der Waals surface area contributed by atoms with Crippen LogP contribution in [-0.4, -0.2) is 47.2 Å². The smallest absolute Gasteiger partial charge is 0.153 e. The van der Waals surface area contributed by atoms with Gasteiger partial charge in [-0.3, -0.25) is 4.90 Å². The SMILES string of the molecule is CC.NN/N=C(\N)c1c(C2CCC(N3CCNCC3)CC2)cccc1S(N)=O. The van der Waals surface area contributed by atoms with Gasteiger partial charge in [0.15, 0.2) is 5.84 Å². The molecule has 1 aliphatic carbocycles. The number of nitrogens with two attached hydrogens (primary N) is 3. The molecule has 1 atom stereocenters. The van der Waals surface area contributed by atoms with Crippen molar-refractivity contribution in [3.63, 3.8) is 0 Å². The molecule has 9 heteroatoms. The summed E-state index contributed by atoms with van der Waals surface area (Å²) in [5, 5.41) is 13.0. The number of amidine groups is 1. The van der Waals surface area contributed by atoms with Crippen molar-refractivity contribution in [2.75, 3.05) is 26.2 Å². The van der Waals surface area contributed by atoms with Crippen LogP contribution in [0.15, 0.2) is 28.2 Å². The highest BCUT2D eigenvalue weighted by atomic mass is 32.2. The highest BCUT2D eigenvalue weighted by Gasteiger charge is 2.29. The Morgan fingerprint density at radius 1 is 1.21 bits per heavy atom. The van der Waals surface area contributed by atoms with Crippen molar-refractivity contribution in [1.29, 1.82) is 0 Å². The fraction of sp³-hybridized carbons (Fsp3) is 0.632. The Hall–Kier alpha value is -1.52. The first-order chi connectivity index (χ1) is 13.6. The molecule has 0 bridgehead atoms. The van der Waals surface area contributed by atoms with E-state index in [-0.39, 0.29) is 5.84 Å². The average Bonchev–Trinajstić information content (AvgIpc) is 2.75. The van der Waals surface area contributed by atoms with Crippen molar-refractivity contribution in [3.05, 3.63) is 29.3 Å². The van der Waals surface area contributed by atoms with Crippen LogP contribution >= 0.6 is 0 Å². The maximum atomic E-state index is 12.0. The summed E-state index contributed by atoms with van der Waals surface area (Å²) >= 11 is 0. The van der Waals surface area contributed by atoms with E-state index in [1.54, 1.807) is 6.07 Å². The van der Waals surface area contributed by atoms with Gasteiger partial charge < -0.3 is 11.1 Å². The molecule has 0 aromatic heterocycles. The Morgan fingerprint density at radius 2 is 1.86 bits per heavy atom. The fourth-order valence-electron chi connectivity index (χ4n) is 4.25. The van der Waals surface area contributed by atoms with Crippen LogP contribution in [0.4, 0.5) is 0 Å². The summed E-state index contributed by atoms with van der Waals surface area (Å²) in [5.41, 5.74) is 10.1. The standard InChI is InChI=1S/C17H29N7OS.C2H6/c18-17(22-23-19)16-14(2-1-3-15(16)26(20)25)12-4-6-13(7-5-12)24-10-8-21-9-11-24;1-2/h1-3,12-13,21,23H,4-11,19-20H2,(H2,18,22);1-2H3. The molecular formula is C19H35N7OS. The van der Waals surface area contributed by atoms with Gasteiger partial charge in [-0.15, -0.1) is 5.10 Å². The van der Waals surface area contributed by atoms with Gasteiger partial charge in [-0.1, -0.05) is 26.0 Å². The van der Waals surface area contributed by atoms with Crippen LogP contribution in [0.5, 0.6) is 0 Å². The summed E-state index contributed by atoms with van der Waals surface area (Å²) in [6.07, 6.45) is 4.47. The monoisotopic (exact) mass is 409 g/mol. The molecule has 2 aliphatic rings. The van der Waals surface area contributed by atoms with Gasteiger partial charge in [0, 0.05) is 37.8 Å². The lowest BCUT2D eigenvalue weighted by molar-refractivity contribution is 0.133. The third-order valence-electron chi connectivity index (χ3n) is 5.52. The van der Waals surface area contributed by atoms with Gasteiger partial charge in [0.25, 0.3) is 0 Å². The normalized spacial score (nSPS) is 24.8. The number of rotatable bonds is 5. The first-order valence-corrected chi connectivity index (χ1v) is 11.4. The number of benzene rings is 1. The van der Waals surface area contributed by atoms with Crippen LogP contribution in [-0.2, 0) is 11.0 Å². The molecule has 1 saturated heterocycles. The van der Waals surface area contributed by atoms with E-state index in [4.69, 9.17) is 16.7 Å². The summed E-state index contributed by atoms with van der Waals surface area (Å²) < 4.78 is 12.0. The zero-order valence-corrected chi connectivity index (χ0v) is 17.8. The first kappa shape index (κ1) is 22.8. The van der Waals surface area contributed by atoms with Gasteiger partial charge in [-0.25, -0.2) is 20.7 Å². The summed E-state index contributed by atoms with van der Waals surface area (Å²) in [6, 6.07) is 6.32. The second-order valence-electron chi connectivity index (χ2n) is 6.94. The van der Waals surface area contributed by atoms with Crippen LogP contribution in [0.3, 0.4) is 0 Å². The summed E-state index contributed by atoms with van der Waals surface area (Å²) in [5.74, 6) is 5.87. The minimum absolute atomic E-state index is 0.223. The van der Waals surface area contributed by atoms with E-state index in [0.717, 1.165) is 57.4 Å². The van der Waals surface area contributed by atoms with Crippen molar-refractivity contribution in [3.8, 4) is 0 Å². The Labute approximate surface area is 170 Å². The van der Waals surface area contributed by atoms with E-state index in [2.05, 4.69) is 20.9 Å². The van der Waals surface area contributed by atoms with Gasteiger partial charge in [0.2, 0.25) is 0 Å². The van der Waals surface area contributed by atoms with Crippen molar-refractivity contribution >= 4 is 16.8 Å². The zero-order chi connectivity index (χ0) is 20.5. The van der Waals surface area contributed by atoms with Crippen molar-refractivity contribution in [2.24, 2.45) is 21.8 Å². The van der Waals surface area contributed by atoms with Gasteiger partial charge >= 0.3 is 0 Å². The van der Waals surface area contributed by atoms with Gasteiger partial charge in [-0.2, -0.15) is 0 Å². The van der Waals surface area contributed by atoms with E-state index in [9.17, 15) is 4.21 Å². The molecule has 8 N–H and O–H groups in total. The summed E-state index contributed by atoms with van der Waals surface area (Å²) in [6.45, 7) is 8.41. The number of hydrogen-bond acceptors (Lipinski definition) is 6. The summed E-state index contributed by atoms with van der Waals surface area (Å²) in [4.78, 5) is 3.11. The molecular weight excluding hydrogens is 374 g/mol. The first-order valence-electron chi connectivity index (χ1n) is 10.1. The fourth-order valence-corrected chi connectivity index (χ4v) is 4.89. The second-order valence-corrected chi connectivity index (χ2v) is 7.97. The lowest BCUT2D eigenvalue weighted by atomic mass is 9.79. The molecule has 1 aliphatic heterocycles. The van der Waals surface area contributed by atoms with Crippen molar-refractivity contribution in [1.82, 2.24) is 15.8 Å². The second kappa shape index (κ2) is 11.5. The molecule has 0 amide bonds. The quantitative estimate of drug-likeness (QED) is 0.210. The summed E-state index contributed by atoms with van der Waals surface area (Å²) in [7, 11) is -1.63. The van der Waals surface area contributed by atoms with Crippen LogP contribution in [0.2, 0.25) is 0 Å². The Kier molecular flexibility index (Phi) is 9.33. The number of nitrogens with one attached hydrogen (secondary N) is 2. The molecule has 1 unspecified atom stereocenters. The van der Waals surface area contributed by atoms with E-state index < -0.39 is 11.0 Å². The van der Waals surface area contributed by atoms with E-state index in [0.29, 0.717) is 22.4 Å². The molecule has 1 aromatic rings. The average molecular weight is 410 g/mol. The number of piperazine rings is 1. The Morgan fingerprint density at radius 3 is 2.43 bits per heavy atom. The number of nitrogens with zero attached hydrogens (tertiary/aromatic N) is 2. The van der Waals surface area contributed by atoms with E-state index in [1.165, 1.54) is 0 Å². The predicted molar refractivity (Wildman–Crippen MR) is 116 cm³/mol. The van der Waals surface area contributed by atoms with Crippen LogP contribution < -0.4 is 27.6 Å². The van der Waals surface area contributed by atoms with Crippen molar-refractivity contribution in [2.45, 2.75) is 56.4 Å². The van der Waals surface area contributed by atoms with Gasteiger partial charge in [0.05, 0.1) is 4.90 Å². The highest BCUT2D eigenvalue weighted by molar-refractivity contribution is 7.82. The lowest BCUT2D eigenvalue weighted by Gasteiger charge is -2.39. The van der Waals surface area contributed by atoms with E-state index >= 15 is 0 Å². The molecule has 158 valence electrons. The number of hydrogen-bond donors (Lipinski definition) is 5. The minimum Gasteiger partial charge on any atom is -0.382 e. The highest BCUT2D eigenvalue weighted by Crippen LogP contribution is 2.37. The molecule has 1 saturated carbocycles. The molecule has 28 heavy (non-hydrogen) atoms. The molecule has 3 rings (SSSR count). The number of hydrazine groups is 1. The van der Waals surface area contributed by atoms with Crippen molar-refractivity contribution < 1.29 is 4.21 Å². The third-order valence-corrected chi connectivity index (χ3v) is 6.29. The van der Waals surface area contributed by atoms with Crippen LogP contribution in [0.1, 0.15) is 56.6 Å². The van der Waals surface area contributed by atoms with Crippen LogP contribution in [0.25, 0.3) is 0 Å². The third kappa shape index (κ3) is 5.51. The molecule has 0 spiro atoms. The topological polar surface area (TPSA) is 135 Å². The Bertz CT molecular complexity index is 668. The zero-order valence-electron chi connectivity index (χ0n) is 17.0. The molecule has 2 fully saturated rings. The predicted octanol–water partition coefficient (Wildman–Crippen LogP) is 0.709. The van der Waals surface area contributed by atoms with Gasteiger partial charge in [-0.05, 0) is 43.2 Å². The number of hydrazone groups is 1. The Balaban J connectivity index is 0.00000136. The maximum absolute atomic E-state index is 12.0.